The zero-order valence-electron chi connectivity index (χ0n) is 36.9. The highest BCUT2D eigenvalue weighted by Gasteiger charge is 2.68. The number of phenols is 1. The van der Waals surface area contributed by atoms with Gasteiger partial charge in [-0.25, -0.2) is 9.59 Å². The third kappa shape index (κ3) is 7.33. The summed E-state index contributed by atoms with van der Waals surface area (Å²) in [6, 6.07) is 24.2. The van der Waals surface area contributed by atoms with Crippen molar-refractivity contribution >= 4 is 17.5 Å². The number of aliphatic hydroxyl groups excluding tert-OH is 1. The summed E-state index contributed by atoms with van der Waals surface area (Å²) in [4.78, 5) is 29.7. The van der Waals surface area contributed by atoms with E-state index in [4.69, 9.17) is 9.47 Å². The molecule has 1 spiro atoms. The Bertz CT molecular complexity index is 2390. The molecule has 0 aromatic heterocycles. The smallest absolute Gasteiger partial charge is 0.340 e. The summed E-state index contributed by atoms with van der Waals surface area (Å²) >= 11 is 0. The van der Waals surface area contributed by atoms with Crippen LogP contribution in [0.5, 0.6) is 5.75 Å². The fourth-order valence-electron chi connectivity index (χ4n) is 13.7. The summed E-state index contributed by atoms with van der Waals surface area (Å²) in [6.07, 6.45) is 17.0. The first-order valence-electron chi connectivity index (χ1n) is 23.7. The number of hydrogen-bond donors (Lipinski definition) is 5. The van der Waals surface area contributed by atoms with E-state index in [0.717, 1.165) is 95.4 Å². The van der Waals surface area contributed by atoms with Crippen molar-refractivity contribution in [2.75, 3.05) is 27.2 Å². The number of esters is 2. The molecule has 9 nitrogen and oxygen atoms in total. The predicted octanol–water partition coefficient (Wildman–Crippen LogP) is 8.88. The van der Waals surface area contributed by atoms with Gasteiger partial charge in [-0.05, 0) is 184 Å². The number of carbonyl (C=O) groups is 2. The van der Waals surface area contributed by atoms with Crippen molar-refractivity contribution in [2.24, 2.45) is 40.4 Å². The number of hydrogen-bond acceptors (Lipinski definition) is 9. The molecule has 5 N–H and O–H groups in total. The quantitative estimate of drug-likeness (QED) is 0.107. The topological polar surface area (TPSA) is 129 Å². The van der Waals surface area contributed by atoms with Gasteiger partial charge in [-0.2, -0.15) is 0 Å². The van der Waals surface area contributed by atoms with Gasteiger partial charge < -0.3 is 35.6 Å². The third-order valence-corrected chi connectivity index (χ3v) is 16.4. The number of ether oxygens (including phenoxy) is 2. The van der Waals surface area contributed by atoms with Crippen LogP contribution in [-0.4, -0.2) is 55.6 Å². The minimum absolute atomic E-state index is 0.00613. The Hall–Kier alpha value is -4.80. The molecule has 3 aromatic rings. The van der Waals surface area contributed by atoms with Crippen molar-refractivity contribution in [3.05, 3.63) is 130 Å². The molecular formula is C54H63N3O6. The maximum absolute atomic E-state index is 15.0. The lowest BCUT2D eigenvalue weighted by Gasteiger charge is -2.56. The predicted molar refractivity (Wildman–Crippen MR) is 244 cm³/mol. The van der Waals surface area contributed by atoms with E-state index < -0.39 is 5.41 Å². The van der Waals surface area contributed by atoms with E-state index >= 15 is 0 Å². The van der Waals surface area contributed by atoms with Crippen LogP contribution in [0, 0.1) is 40.4 Å². The van der Waals surface area contributed by atoms with Gasteiger partial charge in [-0.1, -0.05) is 67.4 Å². The number of phenolic OH excluding ortho intramolecular Hbond substituents is 1. The van der Waals surface area contributed by atoms with Crippen LogP contribution in [0.4, 0.5) is 0 Å². The second kappa shape index (κ2) is 17.3. The summed E-state index contributed by atoms with van der Waals surface area (Å²) in [5.41, 5.74) is 7.70. The van der Waals surface area contributed by atoms with E-state index in [-0.39, 0.29) is 53.4 Å². The van der Waals surface area contributed by atoms with Crippen molar-refractivity contribution in [3.8, 4) is 16.9 Å². The van der Waals surface area contributed by atoms with Crippen LogP contribution in [0.2, 0.25) is 0 Å². The molecule has 5 aliphatic carbocycles. The van der Waals surface area contributed by atoms with Crippen LogP contribution in [0.3, 0.4) is 0 Å². The van der Waals surface area contributed by atoms with E-state index in [0.29, 0.717) is 49.2 Å². The van der Waals surface area contributed by atoms with Crippen molar-refractivity contribution in [1.29, 1.82) is 0 Å². The number of fused-ring (bicyclic) bond motifs is 1. The van der Waals surface area contributed by atoms with Crippen molar-refractivity contribution in [2.45, 2.75) is 96.2 Å². The standard InChI is InChI=1S/C54H63N3O6/c1-55-32-35-11-8-12-36(28-35)39-14-13-38(59)31-43(39)47-40-17-24-54(45(63-52(61)50(47)54)29-34(20-26-58)27-33-9-4-3-5-10-33)49-41(40)15-16-42-44(62-51(60)48(42)49)18-23-53(21-6-7-22-53)37-19-25-57-46(30-37)56-2/h3-5,8-14,18,28-29,31,34,37,40-41,46,49,55-59H,6-7,15-17,19-27,30,32H2,1-2H3/b44-18?,45-29-/t34-,37-,40-,41+,46+,49-,54-/m1/s1. The number of aliphatic hydroxyl groups is 1. The molecule has 3 aromatic carbocycles. The summed E-state index contributed by atoms with van der Waals surface area (Å²) in [5.74, 6) is 1.03. The monoisotopic (exact) mass is 849 g/mol. The Kier molecular flexibility index (Phi) is 11.6. The van der Waals surface area contributed by atoms with Gasteiger partial charge in [0.1, 0.15) is 17.3 Å². The van der Waals surface area contributed by atoms with Gasteiger partial charge >= 0.3 is 11.9 Å². The van der Waals surface area contributed by atoms with Gasteiger partial charge in [0.25, 0.3) is 0 Å². The molecule has 4 fully saturated rings. The Morgan fingerprint density at radius 1 is 0.889 bits per heavy atom. The second-order valence-electron chi connectivity index (χ2n) is 19.6. The molecule has 9 heteroatoms. The van der Waals surface area contributed by atoms with Gasteiger partial charge in [-0.15, -0.1) is 0 Å². The Labute approximate surface area is 372 Å². The number of allylic oxidation sites excluding steroid dienone is 5. The SMILES string of the molecule is CNCc1cccc(-c2ccc(O)cc2C2=C3C(=O)O/C(=C\[C@H](CCO)Cc4ccccc4)[C@@]34CC[C@@H]2[C@@H]2CCC3=C(C(=O)OC3=CCC3([C@@H]5CCN[C@H](NC)C5)CCCC3)[C@@H]24)c1. The lowest BCUT2D eigenvalue weighted by Crippen LogP contribution is -2.52. The minimum atomic E-state index is -0.910. The number of piperidine rings is 1. The van der Waals surface area contributed by atoms with E-state index in [1.807, 2.05) is 44.4 Å². The van der Waals surface area contributed by atoms with Gasteiger partial charge in [0.2, 0.25) is 0 Å². The van der Waals surface area contributed by atoms with E-state index in [1.54, 1.807) is 6.07 Å². The molecule has 330 valence electrons. The molecule has 7 atom stereocenters. The number of nitrogens with one attached hydrogen (secondary N) is 3. The molecule has 11 rings (SSSR count). The molecule has 2 saturated carbocycles. The fraction of sp³-hybridized carbons (Fsp3) is 0.481. The van der Waals surface area contributed by atoms with Crippen LogP contribution in [-0.2, 0) is 32.0 Å². The lowest BCUT2D eigenvalue weighted by atomic mass is 9.44. The first kappa shape index (κ1) is 42.2. The number of benzene rings is 3. The zero-order valence-corrected chi connectivity index (χ0v) is 36.9. The molecule has 0 amide bonds. The highest BCUT2D eigenvalue weighted by atomic mass is 16.5. The summed E-state index contributed by atoms with van der Waals surface area (Å²) in [7, 11) is 3.98. The van der Waals surface area contributed by atoms with Gasteiger partial charge in [0.15, 0.2) is 0 Å². The van der Waals surface area contributed by atoms with Crippen LogP contribution >= 0.6 is 0 Å². The average molecular weight is 850 g/mol. The summed E-state index contributed by atoms with van der Waals surface area (Å²) in [5, 5.41) is 32.0. The Balaban J connectivity index is 1.12. The Morgan fingerprint density at radius 3 is 2.51 bits per heavy atom. The highest BCUT2D eigenvalue weighted by molar-refractivity contribution is 6.07. The first-order chi connectivity index (χ1) is 30.8. The molecule has 3 aliphatic heterocycles. The first-order valence-corrected chi connectivity index (χ1v) is 23.7. The number of carbonyl (C=O) groups excluding carboxylic acids is 2. The maximum Gasteiger partial charge on any atom is 0.340 e. The molecule has 63 heavy (non-hydrogen) atoms. The molecule has 2 saturated heterocycles. The number of aromatic hydroxyl groups is 1. The summed E-state index contributed by atoms with van der Waals surface area (Å²) in [6.45, 7) is 1.72. The van der Waals surface area contributed by atoms with Crippen LogP contribution in [0.25, 0.3) is 16.7 Å². The molecule has 0 radical (unpaired) electrons. The summed E-state index contributed by atoms with van der Waals surface area (Å²) < 4.78 is 13.0. The molecule has 3 heterocycles. The zero-order chi connectivity index (χ0) is 43.3. The van der Waals surface area contributed by atoms with Crippen LogP contribution in [0.1, 0.15) is 93.7 Å². The van der Waals surface area contributed by atoms with Gasteiger partial charge in [0.05, 0.1) is 17.2 Å². The van der Waals surface area contributed by atoms with E-state index in [9.17, 15) is 19.8 Å². The second-order valence-corrected chi connectivity index (χ2v) is 19.6. The third-order valence-electron chi connectivity index (χ3n) is 16.4. The minimum Gasteiger partial charge on any atom is -0.508 e. The average Bonchev–Trinajstić information content (AvgIpc) is 4.00. The van der Waals surface area contributed by atoms with Crippen molar-refractivity contribution < 1.29 is 29.3 Å². The molecule has 2 bridgehead atoms. The van der Waals surface area contributed by atoms with Crippen LogP contribution < -0.4 is 16.0 Å². The van der Waals surface area contributed by atoms with Gasteiger partial charge in [0, 0.05) is 30.2 Å². The normalized spacial score (nSPS) is 30.1. The molecule has 8 aliphatic rings. The van der Waals surface area contributed by atoms with Gasteiger partial charge in [-0.3, -0.25) is 0 Å². The Morgan fingerprint density at radius 2 is 1.71 bits per heavy atom. The number of rotatable bonds is 13. The van der Waals surface area contributed by atoms with Crippen molar-refractivity contribution in [3.63, 3.8) is 0 Å². The van der Waals surface area contributed by atoms with E-state index in [2.05, 4.69) is 64.5 Å². The largest absolute Gasteiger partial charge is 0.508 e. The lowest BCUT2D eigenvalue weighted by molar-refractivity contribution is -0.135. The molecular weight excluding hydrogens is 787 g/mol. The number of cyclic esters (lactones) is 2. The van der Waals surface area contributed by atoms with E-state index in [1.165, 1.54) is 25.7 Å². The fourth-order valence-corrected chi connectivity index (χ4v) is 13.7. The van der Waals surface area contributed by atoms with Crippen molar-refractivity contribution in [1.82, 2.24) is 16.0 Å². The highest BCUT2D eigenvalue weighted by Crippen LogP contribution is 2.72. The molecule has 0 unspecified atom stereocenters. The van der Waals surface area contributed by atoms with Crippen LogP contribution in [0.15, 0.2) is 113 Å². The maximum atomic E-state index is 15.0.